The van der Waals surface area contributed by atoms with E-state index in [4.69, 9.17) is 14.2 Å². The zero-order chi connectivity index (χ0) is 33.2. The molecule has 1 saturated heterocycles. The number of hydrogen-bond acceptors (Lipinski definition) is 6. The van der Waals surface area contributed by atoms with Crippen molar-refractivity contribution in [2.75, 3.05) is 46.9 Å². The summed E-state index contributed by atoms with van der Waals surface area (Å²) in [6.07, 6.45) is 22.5. The standard InChI is InChI=1S/C41H64N2O4.2ClH/c1-4-5-6-7-8-9-10-11-12-13-14-15-16-17-18-22-29-42-30-32-43(33-31-42)39(35-23-20-19-21-24-35)47-40(44)41(34-38(41)46-3)36-25-27-37(45-2)28-26-36;;/h19-21,23-28,38-39H,4-18,22,29-34H2,1-3H3;2*1H. The van der Waals surface area contributed by atoms with Gasteiger partial charge in [-0.3, -0.25) is 9.69 Å². The van der Waals surface area contributed by atoms with Crippen molar-refractivity contribution >= 4 is 30.8 Å². The maximum Gasteiger partial charge on any atom is 0.321 e. The van der Waals surface area contributed by atoms with Crippen molar-refractivity contribution in [1.82, 2.24) is 9.80 Å². The van der Waals surface area contributed by atoms with Gasteiger partial charge in [-0.05, 0) is 37.1 Å². The SMILES string of the molecule is CCCCCCCCCCCCCCCCCCN1CCN(C(OC(=O)C2(c3ccc(OC)cc3)CC2OC)c2ccccc2)CC1.Cl.Cl. The zero-order valence-corrected chi connectivity index (χ0v) is 32.4. The van der Waals surface area contributed by atoms with Crippen LogP contribution in [0.5, 0.6) is 5.75 Å². The maximum absolute atomic E-state index is 13.9. The van der Waals surface area contributed by atoms with Crippen molar-refractivity contribution < 1.29 is 19.0 Å². The Balaban J connectivity index is 0.00000417. The molecule has 278 valence electrons. The largest absolute Gasteiger partial charge is 0.497 e. The molecule has 2 aromatic rings. The second kappa shape index (κ2) is 24.4. The van der Waals surface area contributed by atoms with E-state index in [1.165, 1.54) is 103 Å². The lowest BCUT2D eigenvalue weighted by Gasteiger charge is -2.39. The van der Waals surface area contributed by atoms with Crippen LogP contribution in [0.15, 0.2) is 54.6 Å². The normalized spacial score (nSPS) is 19.8. The van der Waals surface area contributed by atoms with Gasteiger partial charge in [-0.2, -0.15) is 0 Å². The van der Waals surface area contributed by atoms with Crippen LogP contribution in [0, 0.1) is 0 Å². The van der Waals surface area contributed by atoms with E-state index in [1.54, 1.807) is 14.2 Å². The van der Waals surface area contributed by atoms with Gasteiger partial charge in [-0.15, -0.1) is 24.8 Å². The summed E-state index contributed by atoms with van der Waals surface area (Å²) in [5.41, 5.74) is 1.17. The Bertz CT molecular complexity index is 1130. The van der Waals surface area contributed by atoms with Gasteiger partial charge in [0.1, 0.15) is 11.2 Å². The molecule has 6 nitrogen and oxygen atoms in total. The van der Waals surface area contributed by atoms with Crippen LogP contribution in [0.25, 0.3) is 0 Å². The highest BCUT2D eigenvalue weighted by Gasteiger charge is 2.64. The lowest BCUT2D eigenvalue weighted by molar-refractivity contribution is -0.166. The van der Waals surface area contributed by atoms with Gasteiger partial charge in [0.15, 0.2) is 6.23 Å². The van der Waals surface area contributed by atoms with Crippen LogP contribution in [0.1, 0.15) is 133 Å². The van der Waals surface area contributed by atoms with Crippen molar-refractivity contribution in [3.05, 3.63) is 65.7 Å². The number of carbonyl (C=O) groups is 1. The average Bonchev–Trinajstić information content (AvgIpc) is 3.87. The summed E-state index contributed by atoms with van der Waals surface area (Å²) in [6, 6.07) is 18.0. The molecule has 49 heavy (non-hydrogen) atoms. The highest BCUT2D eigenvalue weighted by atomic mass is 35.5. The summed E-state index contributed by atoms with van der Waals surface area (Å²) in [5.74, 6) is 0.561. The number of piperazine rings is 1. The van der Waals surface area contributed by atoms with E-state index in [0.29, 0.717) is 6.42 Å². The Labute approximate surface area is 310 Å². The van der Waals surface area contributed by atoms with Crippen LogP contribution in [0.3, 0.4) is 0 Å². The summed E-state index contributed by atoms with van der Waals surface area (Å²) in [6.45, 7) is 7.23. The molecule has 8 heteroatoms. The molecule has 2 aliphatic rings. The van der Waals surface area contributed by atoms with Gasteiger partial charge in [0.2, 0.25) is 0 Å². The Morgan fingerprint density at radius 1 is 0.714 bits per heavy atom. The van der Waals surface area contributed by atoms with Gasteiger partial charge in [-0.1, -0.05) is 146 Å². The number of hydrogen-bond donors (Lipinski definition) is 0. The van der Waals surface area contributed by atoms with E-state index in [0.717, 1.165) is 49.6 Å². The summed E-state index contributed by atoms with van der Waals surface area (Å²) in [7, 11) is 3.33. The first-order valence-electron chi connectivity index (χ1n) is 19.0. The van der Waals surface area contributed by atoms with E-state index in [2.05, 4.69) is 28.9 Å². The van der Waals surface area contributed by atoms with Crippen molar-refractivity contribution in [2.45, 2.75) is 134 Å². The van der Waals surface area contributed by atoms with Gasteiger partial charge in [0.25, 0.3) is 0 Å². The number of carbonyl (C=O) groups excluding carboxylic acids is 1. The summed E-state index contributed by atoms with van der Waals surface area (Å²) < 4.78 is 17.5. The Morgan fingerprint density at radius 3 is 1.69 bits per heavy atom. The first-order valence-corrected chi connectivity index (χ1v) is 19.0. The van der Waals surface area contributed by atoms with E-state index >= 15 is 0 Å². The quantitative estimate of drug-likeness (QED) is 0.0795. The fraction of sp³-hybridized carbons (Fsp3) is 0.683. The van der Waals surface area contributed by atoms with Crippen molar-refractivity contribution in [1.29, 1.82) is 0 Å². The molecule has 2 fully saturated rings. The van der Waals surface area contributed by atoms with Gasteiger partial charge < -0.3 is 19.1 Å². The lowest BCUT2D eigenvalue weighted by Crippen LogP contribution is -2.49. The third-order valence-corrected chi connectivity index (χ3v) is 10.5. The minimum Gasteiger partial charge on any atom is -0.497 e. The van der Waals surface area contributed by atoms with Crippen LogP contribution in [0.2, 0.25) is 0 Å². The number of unbranched alkanes of at least 4 members (excludes halogenated alkanes) is 15. The van der Waals surface area contributed by atoms with E-state index in [9.17, 15) is 4.79 Å². The fourth-order valence-corrected chi connectivity index (χ4v) is 7.33. The van der Waals surface area contributed by atoms with Crippen LogP contribution in [0.4, 0.5) is 0 Å². The van der Waals surface area contributed by atoms with Gasteiger partial charge >= 0.3 is 5.97 Å². The molecule has 2 aromatic carbocycles. The molecule has 3 atom stereocenters. The van der Waals surface area contributed by atoms with E-state index in [1.807, 2.05) is 42.5 Å². The fourth-order valence-electron chi connectivity index (χ4n) is 7.33. The van der Waals surface area contributed by atoms with Gasteiger partial charge in [0, 0.05) is 38.9 Å². The molecule has 0 amide bonds. The molecule has 1 aliphatic carbocycles. The number of halogens is 2. The Kier molecular flexibility index (Phi) is 21.6. The molecular formula is C41H66Cl2N2O4. The number of rotatable bonds is 24. The first-order chi connectivity index (χ1) is 23.1. The number of methoxy groups -OCH3 is 2. The minimum atomic E-state index is -0.775. The molecule has 0 bridgehead atoms. The Morgan fingerprint density at radius 2 is 1.22 bits per heavy atom. The summed E-state index contributed by atoms with van der Waals surface area (Å²) in [5, 5.41) is 0. The average molecular weight is 722 g/mol. The predicted octanol–water partition coefficient (Wildman–Crippen LogP) is 10.3. The molecule has 1 aliphatic heterocycles. The molecule has 0 spiro atoms. The molecule has 0 radical (unpaired) electrons. The molecule has 1 saturated carbocycles. The van der Waals surface area contributed by atoms with Crippen molar-refractivity contribution in [3.8, 4) is 5.75 Å². The monoisotopic (exact) mass is 720 g/mol. The van der Waals surface area contributed by atoms with Crippen LogP contribution in [-0.4, -0.2) is 68.8 Å². The van der Waals surface area contributed by atoms with Gasteiger partial charge in [-0.25, -0.2) is 0 Å². The van der Waals surface area contributed by atoms with E-state index < -0.39 is 11.6 Å². The van der Waals surface area contributed by atoms with Crippen molar-refractivity contribution in [2.24, 2.45) is 0 Å². The molecule has 0 N–H and O–H groups in total. The van der Waals surface area contributed by atoms with Crippen LogP contribution >= 0.6 is 24.8 Å². The number of nitrogens with zero attached hydrogens (tertiary/aromatic N) is 2. The number of esters is 1. The molecule has 3 unspecified atom stereocenters. The van der Waals surface area contributed by atoms with Crippen molar-refractivity contribution in [3.63, 3.8) is 0 Å². The highest BCUT2D eigenvalue weighted by molar-refractivity contribution is 5.88. The lowest BCUT2D eigenvalue weighted by atomic mass is 9.95. The molecule has 0 aromatic heterocycles. The second-order valence-corrected chi connectivity index (χ2v) is 14.0. The molecule has 4 rings (SSSR count). The minimum absolute atomic E-state index is 0. The van der Waals surface area contributed by atoms with Crippen LogP contribution in [-0.2, 0) is 19.7 Å². The smallest absolute Gasteiger partial charge is 0.321 e. The topological polar surface area (TPSA) is 51.2 Å². The van der Waals surface area contributed by atoms with Crippen LogP contribution < -0.4 is 4.74 Å². The van der Waals surface area contributed by atoms with E-state index in [-0.39, 0.29) is 36.9 Å². The Hall–Kier alpha value is -1.83. The molecule has 1 heterocycles. The summed E-state index contributed by atoms with van der Waals surface area (Å²) >= 11 is 0. The second-order valence-electron chi connectivity index (χ2n) is 14.0. The number of benzene rings is 2. The molecular weight excluding hydrogens is 655 g/mol. The summed E-state index contributed by atoms with van der Waals surface area (Å²) in [4.78, 5) is 18.9. The number of ether oxygens (including phenoxy) is 3. The third-order valence-electron chi connectivity index (χ3n) is 10.5. The maximum atomic E-state index is 13.9. The zero-order valence-electron chi connectivity index (χ0n) is 30.8. The first kappa shape index (κ1) is 43.3. The highest BCUT2D eigenvalue weighted by Crippen LogP contribution is 2.52. The third kappa shape index (κ3) is 13.7. The predicted molar refractivity (Wildman–Crippen MR) is 207 cm³/mol. The van der Waals surface area contributed by atoms with Gasteiger partial charge in [0.05, 0.1) is 13.2 Å².